The summed E-state index contributed by atoms with van der Waals surface area (Å²) in [7, 11) is 0. The number of rotatable bonds is 6. The van der Waals surface area contributed by atoms with Gasteiger partial charge in [0.1, 0.15) is 0 Å². The van der Waals surface area contributed by atoms with Crippen LogP contribution in [0.25, 0.3) is 0 Å². The normalized spacial score (nSPS) is 21.0. The van der Waals surface area contributed by atoms with Crippen molar-refractivity contribution in [1.82, 2.24) is 5.32 Å². The molecule has 1 heterocycles. The fourth-order valence-electron chi connectivity index (χ4n) is 1.35. The molecule has 0 radical (unpaired) electrons. The van der Waals surface area contributed by atoms with E-state index in [1.807, 2.05) is 11.8 Å². The first-order valence-electron chi connectivity index (χ1n) is 5.44. The number of amidine groups is 1. The van der Waals surface area contributed by atoms with Crippen molar-refractivity contribution < 1.29 is 4.74 Å². The van der Waals surface area contributed by atoms with E-state index in [1.165, 1.54) is 12.8 Å². The first-order chi connectivity index (χ1) is 6.95. The molecule has 14 heavy (non-hydrogen) atoms. The van der Waals surface area contributed by atoms with Crippen molar-refractivity contribution in [3.63, 3.8) is 0 Å². The predicted octanol–water partition coefficient (Wildman–Crippen LogP) is 1.50. The van der Waals surface area contributed by atoms with E-state index in [2.05, 4.69) is 10.3 Å². The van der Waals surface area contributed by atoms with Gasteiger partial charge in [0.05, 0.1) is 6.54 Å². The topological polar surface area (TPSA) is 33.6 Å². The van der Waals surface area contributed by atoms with Crippen LogP contribution >= 0.6 is 11.8 Å². The summed E-state index contributed by atoms with van der Waals surface area (Å²) in [4.78, 5) is 4.32. The molecule has 0 unspecified atom stereocenters. The maximum atomic E-state index is 5.54. The zero-order chi connectivity index (χ0) is 9.64. The molecule has 0 aromatic carbocycles. The standard InChI is InChI=1S/C10H18N2OS/c1(6-13-8-9-2-3-9)4-11-10-12-5-7-14-10/h9H,1-8H2,(H,11,12). The Morgan fingerprint density at radius 2 is 2.43 bits per heavy atom. The minimum atomic E-state index is 0.887. The van der Waals surface area contributed by atoms with Gasteiger partial charge in [-0.25, -0.2) is 0 Å². The van der Waals surface area contributed by atoms with E-state index in [0.29, 0.717) is 0 Å². The Hall–Kier alpha value is -0.220. The van der Waals surface area contributed by atoms with E-state index >= 15 is 0 Å². The maximum Gasteiger partial charge on any atom is 0.156 e. The molecule has 1 saturated carbocycles. The molecule has 1 aliphatic heterocycles. The van der Waals surface area contributed by atoms with Crippen LogP contribution in [0.1, 0.15) is 19.3 Å². The highest BCUT2D eigenvalue weighted by Crippen LogP contribution is 2.28. The SMILES string of the molecule is C(CNC1=NCCS1)COCC1CC1. The van der Waals surface area contributed by atoms with Gasteiger partial charge in [-0.3, -0.25) is 4.99 Å². The van der Waals surface area contributed by atoms with Gasteiger partial charge in [-0.05, 0) is 25.2 Å². The second kappa shape index (κ2) is 5.61. The molecule has 80 valence electrons. The highest BCUT2D eigenvalue weighted by Gasteiger charge is 2.20. The van der Waals surface area contributed by atoms with Gasteiger partial charge in [0.25, 0.3) is 0 Å². The molecule has 1 fully saturated rings. The van der Waals surface area contributed by atoms with Crippen LogP contribution in [-0.4, -0.2) is 37.2 Å². The first kappa shape index (κ1) is 10.3. The molecule has 0 aromatic heterocycles. The molecule has 0 saturated heterocycles. The summed E-state index contributed by atoms with van der Waals surface area (Å²) in [6, 6.07) is 0. The Kier molecular flexibility index (Phi) is 4.13. The van der Waals surface area contributed by atoms with Gasteiger partial charge in [-0.1, -0.05) is 11.8 Å². The van der Waals surface area contributed by atoms with Gasteiger partial charge < -0.3 is 10.1 Å². The molecule has 0 atom stereocenters. The van der Waals surface area contributed by atoms with E-state index in [0.717, 1.165) is 49.6 Å². The predicted molar refractivity (Wildman–Crippen MR) is 60.9 cm³/mol. The molecule has 2 rings (SSSR count). The summed E-state index contributed by atoms with van der Waals surface area (Å²) in [6.45, 7) is 3.85. The Balaban J connectivity index is 1.38. The molecule has 3 nitrogen and oxygen atoms in total. The van der Waals surface area contributed by atoms with E-state index in [9.17, 15) is 0 Å². The maximum absolute atomic E-state index is 5.54. The molecule has 0 spiro atoms. The van der Waals surface area contributed by atoms with Crippen molar-refractivity contribution in [2.24, 2.45) is 10.9 Å². The van der Waals surface area contributed by atoms with Gasteiger partial charge in [0.2, 0.25) is 0 Å². The molecule has 4 heteroatoms. The molecular weight excluding hydrogens is 196 g/mol. The third-order valence-corrected chi connectivity index (χ3v) is 3.31. The third kappa shape index (κ3) is 3.88. The smallest absolute Gasteiger partial charge is 0.156 e. The lowest BCUT2D eigenvalue weighted by Gasteiger charge is -2.05. The van der Waals surface area contributed by atoms with E-state index < -0.39 is 0 Å². The van der Waals surface area contributed by atoms with Crippen LogP contribution in [0.2, 0.25) is 0 Å². The second-order valence-corrected chi connectivity index (χ2v) is 4.92. The van der Waals surface area contributed by atoms with Crippen LogP contribution in [0.5, 0.6) is 0 Å². The van der Waals surface area contributed by atoms with Crippen LogP contribution in [-0.2, 0) is 4.74 Å². The fraction of sp³-hybridized carbons (Fsp3) is 0.900. The Bertz CT molecular complexity index is 204. The molecule has 2 aliphatic rings. The largest absolute Gasteiger partial charge is 0.381 e. The average molecular weight is 214 g/mol. The summed E-state index contributed by atoms with van der Waals surface area (Å²) in [6.07, 6.45) is 3.85. The molecule has 0 aromatic rings. The number of hydrogen-bond acceptors (Lipinski definition) is 4. The zero-order valence-corrected chi connectivity index (χ0v) is 9.31. The minimum Gasteiger partial charge on any atom is -0.381 e. The summed E-state index contributed by atoms with van der Waals surface area (Å²) in [5.41, 5.74) is 0. The average Bonchev–Trinajstić information content (AvgIpc) is 2.87. The van der Waals surface area contributed by atoms with Crippen molar-refractivity contribution in [2.75, 3.05) is 32.1 Å². The molecule has 0 bridgehead atoms. The number of thioether (sulfide) groups is 1. The zero-order valence-electron chi connectivity index (χ0n) is 8.50. The number of ether oxygens (including phenoxy) is 1. The van der Waals surface area contributed by atoms with Crippen LogP contribution in [0.4, 0.5) is 0 Å². The monoisotopic (exact) mass is 214 g/mol. The first-order valence-corrected chi connectivity index (χ1v) is 6.42. The van der Waals surface area contributed by atoms with E-state index in [4.69, 9.17) is 4.74 Å². The lowest BCUT2D eigenvalue weighted by Crippen LogP contribution is -2.21. The Morgan fingerprint density at radius 3 is 3.14 bits per heavy atom. The lowest BCUT2D eigenvalue weighted by molar-refractivity contribution is 0.123. The van der Waals surface area contributed by atoms with Gasteiger partial charge in [0, 0.05) is 25.5 Å². The van der Waals surface area contributed by atoms with E-state index in [1.54, 1.807) is 0 Å². The number of aliphatic imine (C=N–C) groups is 1. The van der Waals surface area contributed by atoms with Gasteiger partial charge in [-0.15, -0.1) is 0 Å². The summed E-state index contributed by atoms with van der Waals surface area (Å²) in [5, 5.41) is 4.44. The minimum absolute atomic E-state index is 0.887. The molecule has 0 amide bonds. The van der Waals surface area contributed by atoms with Crippen LogP contribution in [0.15, 0.2) is 4.99 Å². The van der Waals surface area contributed by atoms with Crippen molar-refractivity contribution in [2.45, 2.75) is 19.3 Å². The highest BCUT2D eigenvalue weighted by molar-refractivity contribution is 8.14. The van der Waals surface area contributed by atoms with Crippen molar-refractivity contribution in [1.29, 1.82) is 0 Å². The number of nitrogens with one attached hydrogen (secondary N) is 1. The van der Waals surface area contributed by atoms with Gasteiger partial charge in [-0.2, -0.15) is 0 Å². The summed E-state index contributed by atoms with van der Waals surface area (Å²) < 4.78 is 5.54. The van der Waals surface area contributed by atoms with Crippen molar-refractivity contribution in [3.05, 3.63) is 0 Å². The van der Waals surface area contributed by atoms with E-state index in [-0.39, 0.29) is 0 Å². The fourth-order valence-corrected chi connectivity index (χ4v) is 2.11. The van der Waals surface area contributed by atoms with Crippen LogP contribution in [0.3, 0.4) is 0 Å². The Morgan fingerprint density at radius 1 is 1.50 bits per heavy atom. The molecular formula is C10H18N2OS. The quantitative estimate of drug-likeness (QED) is 0.680. The van der Waals surface area contributed by atoms with Crippen LogP contribution < -0.4 is 5.32 Å². The van der Waals surface area contributed by atoms with Crippen LogP contribution in [0, 0.1) is 5.92 Å². The summed E-state index contributed by atoms with van der Waals surface area (Å²) >= 11 is 1.82. The van der Waals surface area contributed by atoms with Crippen molar-refractivity contribution >= 4 is 16.9 Å². The number of nitrogens with zero attached hydrogens (tertiary/aromatic N) is 1. The van der Waals surface area contributed by atoms with Crippen molar-refractivity contribution in [3.8, 4) is 0 Å². The second-order valence-electron chi connectivity index (χ2n) is 3.83. The number of hydrogen-bond donors (Lipinski definition) is 1. The lowest BCUT2D eigenvalue weighted by atomic mass is 10.4. The summed E-state index contributed by atoms with van der Waals surface area (Å²) in [5.74, 6) is 2.03. The molecule has 1 aliphatic carbocycles. The third-order valence-electron chi connectivity index (χ3n) is 2.38. The Labute approximate surface area is 89.7 Å². The highest BCUT2D eigenvalue weighted by atomic mass is 32.2. The van der Waals surface area contributed by atoms with Gasteiger partial charge >= 0.3 is 0 Å². The van der Waals surface area contributed by atoms with Gasteiger partial charge in [0.15, 0.2) is 5.17 Å². The molecule has 1 N–H and O–H groups in total.